The average Bonchev–Trinajstić information content (AvgIpc) is 2.65. The summed E-state index contributed by atoms with van der Waals surface area (Å²) in [5.41, 5.74) is 1.40. The number of hydrogen-bond acceptors (Lipinski definition) is 2. The van der Waals surface area contributed by atoms with Gasteiger partial charge >= 0.3 is 0 Å². The average molecular weight is 345 g/mol. The van der Waals surface area contributed by atoms with Crippen molar-refractivity contribution in [3.63, 3.8) is 0 Å². The Labute approximate surface area is 151 Å². The molecule has 5 nitrogen and oxygen atoms in total. The first kappa shape index (κ1) is 19.3. The molecular weight excluding hydrogens is 312 g/mol. The number of hydrogen-bond donors (Lipinski definition) is 2. The van der Waals surface area contributed by atoms with Crippen LogP contribution in [0.2, 0.25) is 0 Å². The zero-order valence-corrected chi connectivity index (χ0v) is 15.6. The highest BCUT2D eigenvalue weighted by Crippen LogP contribution is 2.21. The molecule has 0 aromatic heterocycles. The van der Waals surface area contributed by atoms with Crippen LogP contribution in [0.3, 0.4) is 0 Å². The van der Waals surface area contributed by atoms with Gasteiger partial charge in [0.1, 0.15) is 6.54 Å². The molecule has 1 aromatic rings. The summed E-state index contributed by atoms with van der Waals surface area (Å²) < 4.78 is 0. The van der Waals surface area contributed by atoms with Gasteiger partial charge in [-0.05, 0) is 44.1 Å². The molecule has 5 heteroatoms. The zero-order chi connectivity index (χ0) is 17.9. The quantitative estimate of drug-likeness (QED) is 0.590. The number of piperidine rings is 1. The predicted molar refractivity (Wildman–Crippen MR) is 104 cm³/mol. The van der Waals surface area contributed by atoms with E-state index < -0.39 is 0 Å². The number of aliphatic imine (C=N–C) groups is 1. The van der Waals surface area contributed by atoms with Gasteiger partial charge < -0.3 is 15.5 Å². The van der Waals surface area contributed by atoms with Gasteiger partial charge in [-0.25, -0.2) is 4.99 Å². The highest BCUT2D eigenvalue weighted by Gasteiger charge is 2.22. The topological polar surface area (TPSA) is 56.7 Å². The molecular formula is C20H32N4O. The van der Waals surface area contributed by atoms with E-state index in [1.54, 1.807) is 0 Å². The van der Waals surface area contributed by atoms with Gasteiger partial charge in [-0.15, -0.1) is 0 Å². The third kappa shape index (κ3) is 6.77. The van der Waals surface area contributed by atoms with Crippen LogP contribution < -0.4 is 10.6 Å². The summed E-state index contributed by atoms with van der Waals surface area (Å²) in [6.45, 7) is 7.74. The molecule has 1 amide bonds. The van der Waals surface area contributed by atoms with Crippen molar-refractivity contribution in [3.8, 4) is 0 Å². The van der Waals surface area contributed by atoms with Crippen molar-refractivity contribution >= 4 is 11.9 Å². The van der Waals surface area contributed by atoms with E-state index in [-0.39, 0.29) is 12.5 Å². The highest BCUT2D eigenvalue weighted by atomic mass is 16.2. The zero-order valence-electron chi connectivity index (χ0n) is 15.6. The first-order valence-corrected chi connectivity index (χ1v) is 9.56. The minimum atomic E-state index is 0.131. The van der Waals surface area contributed by atoms with Crippen LogP contribution in [-0.2, 0) is 11.2 Å². The largest absolute Gasteiger partial charge is 0.357 e. The number of likely N-dealkylation sites (tertiary alicyclic amines) is 1. The van der Waals surface area contributed by atoms with Crippen molar-refractivity contribution in [2.24, 2.45) is 10.9 Å². The van der Waals surface area contributed by atoms with Crippen LogP contribution >= 0.6 is 0 Å². The fourth-order valence-corrected chi connectivity index (χ4v) is 3.17. The molecule has 0 atom stereocenters. The van der Waals surface area contributed by atoms with Gasteiger partial charge in [-0.3, -0.25) is 4.79 Å². The Kier molecular flexibility index (Phi) is 8.29. The van der Waals surface area contributed by atoms with Crippen LogP contribution in [-0.4, -0.2) is 49.5 Å². The minimum Gasteiger partial charge on any atom is -0.357 e. The lowest BCUT2D eigenvalue weighted by atomic mass is 9.90. The molecule has 2 rings (SSSR count). The van der Waals surface area contributed by atoms with Gasteiger partial charge in [0.2, 0.25) is 5.91 Å². The standard InChI is InChI=1S/C20H32N4O/c1-3-12-22-20(21-4-2)23-16-19(25)24-13-10-18(11-14-24)15-17-8-6-5-7-9-17/h5-9,18H,3-4,10-16H2,1-2H3,(H2,21,22,23). The molecule has 25 heavy (non-hydrogen) atoms. The van der Waals surface area contributed by atoms with Gasteiger partial charge in [0.05, 0.1) is 0 Å². The van der Waals surface area contributed by atoms with Crippen molar-refractivity contribution in [1.82, 2.24) is 15.5 Å². The second-order valence-corrected chi connectivity index (χ2v) is 6.64. The fourth-order valence-electron chi connectivity index (χ4n) is 3.17. The SMILES string of the molecule is CCCNC(=NCC(=O)N1CCC(Cc2ccccc2)CC1)NCC. The predicted octanol–water partition coefficient (Wildman–Crippen LogP) is 2.43. The second kappa shape index (κ2) is 10.7. The maximum atomic E-state index is 12.4. The fraction of sp³-hybridized carbons (Fsp3) is 0.600. The van der Waals surface area contributed by atoms with E-state index in [0.29, 0.717) is 5.92 Å². The van der Waals surface area contributed by atoms with Crippen molar-refractivity contribution in [2.75, 3.05) is 32.7 Å². The lowest BCUT2D eigenvalue weighted by Crippen LogP contribution is -2.42. The minimum absolute atomic E-state index is 0.131. The van der Waals surface area contributed by atoms with Gasteiger partial charge in [0.15, 0.2) is 5.96 Å². The molecule has 1 aliphatic rings. The van der Waals surface area contributed by atoms with E-state index >= 15 is 0 Å². The summed E-state index contributed by atoms with van der Waals surface area (Å²) in [7, 11) is 0. The molecule has 0 spiro atoms. The summed E-state index contributed by atoms with van der Waals surface area (Å²) in [6.07, 6.45) is 4.32. The maximum Gasteiger partial charge on any atom is 0.244 e. The third-order valence-electron chi connectivity index (χ3n) is 4.59. The number of guanidine groups is 1. The summed E-state index contributed by atoms with van der Waals surface area (Å²) in [5, 5.41) is 6.41. The first-order chi connectivity index (χ1) is 12.2. The molecule has 0 bridgehead atoms. The molecule has 1 aromatic carbocycles. The van der Waals surface area contributed by atoms with E-state index in [9.17, 15) is 4.79 Å². The Hall–Kier alpha value is -2.04. The molecule has 0 unspecified atom stereocenters. The van der Waals surface area contributed by atoms with Crippen LogP contribution in [0.5, 0.6) is 0 Å². The highest BCUT2D eigenvalue weighted by molar-refractivity contribution is 5.85. The number of nitrogens with one attached hydrogen (secondary N) is 2. The third-order valence-corrected chi connectivity index (χ3v) is 4.59. The molecule has 2 N–H and O–H groups in total. The molecule has 0 radical (unpaired) electrons. The number of nitrogens with zero attached hydrogens (tertiary/aromatic N) is 2. The van der Waals surface area contributed by atoms with Gasteiger partial charge in [0, 0.05) is 26.2 Å². The van der Waals surface area contributed by atoms with Crippen LogP contribution in [0.25, 0.3) is 0 Å². The van der Waals surface area contributed by atoms with Crippen molar-refractivity contribution < 1.29 is 4.79 Å². The van der Waals surface area contributed by atoms with Crippen LogP contribution in [0.4, 0.5) is 0 Å². The Morgan fingerprint density at radius 3 is 2.52 bits per heavy atom. The van der Waals surface area contributed by atoms with Crippen molar-refractivity contribution in [3.05, 3.63) is 35.9 Å². The Morgan fingerprint density at radius 2 is 1.88 bits per heavy atom. The van der Waals surface area contributed by atoms with Gasteiger partial charge in [-0.1, -0.05) is 37.3 Å². The molecule has 1 fully saturated rings. The maximum absolute atomic E-state index is 12.4. The van der Waals surface area contributed by atoms with Gasteiger partial charge in [0.25, 0.3) is 0 Å². The summed E-state index contributed by atoms with van der Waals surface area (Å²) in [5.74, 6) is 1.54. The lowest BCUT2D eigenvalue weighted by molar-refractivity contribution is -0.130. The van der Waals surface area contributed by atoms with Crippen molar-refractivity contribution in [2.45, 2.75) is 39.5 Å². The van der Waals surface area contributed by atoms with Gasteiger partial charge in [-0.2, -0.15) is 0 Å². The molecule has 138 valence electrons. The first-order valence-electron chi connectivity index (χ1n) is 9.56. The monoisotopic (exact) mass is 344 g/mol. The molecule has 0 saturated carbocycles. The number of rotatable bonds is 7. The van der Waals surface area contributed by atoms with E-state index in [1.807, 2.05) is 11.8 Å². The normalized spacial score (nSPS) is 15.9. The molecule has 1 heterocycles. The van der Waals surface area contributed by atoms with Crippen molar-refractivity contribution in [1.29, 1.82) is 0 Å². The Bertz CT molecular complexity index is 536. The van der Waals surface area contributed by atoms with Crippen LogP contribution in [0, 0.1) is 5.92 Å². The van der Waals surface area contributed by atoms with Crippen LogP contribution in [0.15, 0.2) is 35.3 Å². The van der Waals surface area contributed by atoms with E-state index in [1.165, 1.54) is 5.56 Å². The number of carbonyl (C=O) groups excluding carboxylic acids is 1. The van der Waals surface area contributed by atoms with E-state index in [4.69, 9.17) is 0 Å². The Balaban J connectivity index is 1.76. The molecule has 1 saturated heterocycles. The summed E-state index contributed by atoms with van der Waals surface area (Å²) >= 11 is 0. The van der Waals surface area contributed by atoms with Crippen LogP contribution in [0.1, 0.15) is 38.7 Å². The Morgan fingerprint density at radius 1 is 1.16 bits per heavy atom. The second-order valence-electron chi connectivity index (χ2n) is 6.64. The summed E-state index contributed by atoms with van der Waals surface area (Å²) in [6, 6.07) is 10.6. The van der Waals surface area contributed by atoms with E-state index in [0.717, 1.165) is 57.8 Å². The number of amides is 1. The number of carbonyl (C=O) groups is 1. The smallest absolute Gasteiger partial charge is 0.244 e. The lowest BCUT2D eigenvalue weighted by Gasteiger charge is -2.31. The number of benzene rings is 1. The summed E-state index contributed by atoms with van der Waals surface area (Å²) in [4.78, 5) is 18.8. The molecule has 0 aliphatic carbocycles. The van der Waals surface area contributed by atoms with E-state index in [2.05, 4.69) is 52.9 Å². The molecule has 1 aliphatic heterocycles.